The molecule has 0 unspecified atom stereocenters. The van der Waals surface area contributed by atoms with Crippen LogP contribution < -0.4 is 5.73 Å². The van der Waals surface area contributed by atoms with Crippen molar-refractivity contribution in [3.63, 3.8) is 0 Å². The van der Waals surface area contributed by atoms with Gasteiger partial charge in [0, 0.05) is 6.61 Å². The van der Waals surface area contributed by atoms with Gasteiger partial charge >= 0.3 is 5.97 Å². The standard InChI is InChI=1S/C10H21NO3/c1-4-5-13-6-7-14-10(12)9(11)8(2)3/h8-9H,4-7,11H2,1-3H3/t9-/m0/s1. The average molecular weight is 203 g/mol. The lowest BCUT2D eigenvalue weighted by atomic mass is 10.1. The first-order valence-electron chi connectivity index (χ1n) is 5.09. The first kappa shape index (κ1) is 13.4. The molecule has 4 nitrogen and oxygen atoms in total. The van der Waals surface area contributed by atoms with E-state index >= 15 is 0 Å². The van der Waals surface area contributed by atoms with Crippen molar-refractivity contribution in [2.45, 2.75) is 33.2 Å². The third-order valence-electron chi connectivity index (χ3n) is 1.81. The van der Waals surface area contributed by atoms with Crippen LogP contribution in [0.4, 0.5) is 0 Å². The molecule has 0 bridgehead atoms. The Kier molecular flexibility index (Phi) is 7.42. The van der Waals surface area contributed by atoms with Crippen LogP contribution in [0.1, 0.15) is 27.2 Å². The molecule has 0 aliphatic heterocycles. The predicted octanol–water partition coefficient (Wildman–Crippen LogP) is 0.940. The van der Waals surface area contributed by atoms with Gasteiger partial charge in [-0.15, -0.1) is 0 Å². The summed E-state index contributed by atoms with van der Waals surface area (Å²) in [4.78, 5) is 11.2. The number of carbonyl (C=O) groups is 1. The number of hydrogen-bond acceptors (Lipinski definition) is 4. The molecule has 0 aromatic carbocycles. The van der Waals surface area contributed by atoms with Gasteiger partial charge in [-0.25, -0.2) is 0 Å². The van der Waals surface area contributed by atoms with E-state index in [1.165, 1.54) is 0 Å². The van der Waals surface area contributed by atoms with Gasteiger partial charge in [-0.05, 0) is 12.3 Å². The Bertz CT molecular complexity index is 159. The second-order valence-electron chi connectivity index (χ2n) is 3.55. The van der Waals surface area contributed by atoms with Gasteiger partial charge in [0.15, 0.2) is 0 Å². The van der Waals surface area contributed by atoms with E-state index in [1.807, 2.05) is 20.8 Å². The van der Waals surface area contributed by atoms with Crippen molar-refractivity contribution in [1.82, 2.24) is 0 Å². The molecule has 0 saturated carbocycles. The summed E-state index contributed by atoms with van der Waals surface area (Å²) in [6.07, 6.45) is 0.972. The van der Waals surface area contributed by atoms with Crippen molar-refractivity contribution in [1.29, 1.82) is 0 Å². The Morgan fingerprint density at radius 2 is 1.93 bits per heavy atom. The number of rotatable bonds is 7. The molecule has 2 N–H and O–H groups in total. The molecule has 0 aliphatic carbocycles. The Morgan fingerprint density at radius 3 is 2.43 bits per heavy atom. The summed E-state index contributed by atoms with van der Waals surface area (Å²) in [5.74, 6) is -0.237. The molecule has 14 heavy (non-hydrogen) atoms. The van der Waals surface area contributed by atoms with Gasteiger partial charge in [0.1, 0.15) is 12.6 Å². The zero-order valence-electron chi connectivity index (χ0n) is 9.29. The van der Waals surface area contributed by atoms with E-state index in [4.69, 9.17) is 15.2 Å². The molecule has 0 spiro atoms. The fraction of sp³-hybridized carbons (Fsp3) is 0.900. The number of esters is 1. The fourth-order valence-electron chi connectivity index (χ4n) is 0.816. The van der Waals surface area contributed by atoms with Gasteiger partial charge in [-0.3, -0.25) is 4.79 Å². The highest BCUT2D eigenvalue weighted by atomic mass is 16.6. The molecule has 0 rings (SSSR count). The second-order valence-corrected chi connectivity index (χ2v) is 3.55. The van der Waals surface area contributed by atoms with Gasteiger partial charge in [0.25, 0.3) is 0 Å². The predicted molar refractivity (Wildman–Crippen MR) is 54.9 cm³/mol. The smallest absolute Gasteiger partial charge is 0.323 e. The van der Waals surface area contributed by atoms with E-state index in [0.717, 1.165) is 6.42 Å². The molecule has 1 atom stereocenters. The van der Waals surface area contributed by atoms with Crippen LogP contribution in [0.25, 0.3) is 0 Å². The second kappa shape index (κ2) is 7.76. The maximum Gasteiger partial charge on any atom is 0.323 e. The van der Waals surface area contributed by atoms with Gasteiger partial charge < -0.3 is 15.2 Å². The quantitative estimate of drug-likeness (QED) is 0.494. The minimum atomic E-state index is -0.527. The summed E-state index contributed by atoms with van der Waals surface area (Å²) < 4.78 is 10.1. The van der Waals surface area contributed by atoms with Crippen LogP contribution >= 0.6 is 0 Å². The number of hydrogen-bond donors (Lipinski definition) is 1. The molecule has 0 aromatic heterocycles. The topological polar surface area (TPSA) is 61.5 Å². The van der Waals surface area contributed by atoms with Crippen molar-refractivity contribution < 1.29 is 14.3 Å². The van der Waals surface area contributed by atoms with Crippen LogP contribution in [0.3, 0.4) is 0 Å². The van der Waals surface area contributed by atoms with Crippen LogP contribution in [-0.4, -0.2) is 31.8 Å². The summed E-state index contributed by atoms with van der Waals surface area (Å²) in [6.45, 7) is 7.25. The summed E-state index contributed by atoms with van der Waals surface area (Å²) in [6, 6.07) is -0.527. The Hall–Kier alpha value is -0.610. The Labute approximate surface area is 85.8 Å². The third-order valence-corrected chi connectivity index (χ3v) is 1.81. The summed E-state index contributed by atoms with van der Waals surface area (Å²) in [7, 11) is 0. The molecule has 0 aliphatic rings. The van der Waals surface area contributed by atoms with E-state index in [0.29, 0.717) is 19.8 Å². The van der Waals surface area contributed by atoms with E-state index < -0.39 is 6.04 Å². The van der Waals surface area contributed by atoms with Gasteiger partial charge in [-0.1, -0.05) is 20.8 Å². The van der Waals surface area contributed by atoms with Crippen LogP contribution in [0, 0.1) is 5.92 Å². The van der Waals surface area contributed by atoms with Crippen LogP contribution in [0.15, 0.2) is 0 Å². The minimum absolute atomic E-state index is 0.110. The maximum atomic E-state index is 11.2. The van der Waals surface area contributed by atoms with Crippen molar-refractivity contribution in [3.8, 4) is 0 Å². The Balaban J connectivity index is 3.44. The van der Waals surface area contributed by atoms with Crippen LogP contribution in [0.5, 0.6) is 0 Å². The van der Waals surface area contributed by atoms with E-state index in [2.05, 4.69) is 0 Å². The lowest BCUT2D eigenvalue weighted by molar-refractivity contribution is -0.147. The van der Waals surface area contributed by atoms with Crippen LogP contribution in [-0.2, 0) is 14.3 Å². The average Bonchev–Trinajstić information content (AvgIpc) is 2.16. The SMILES string of the molecule is CCCOCCOC(=O)[C@@H](N)C(C)C. The lowest BCUT2D eigenvalue weighted by Crippen LogP contribution is -2.37. The van der Waals surface area contributed by atoms with E-state index in [9.17, 15) is 4.79 Å². The van der Waals surface area contributed by atoms with Crippen molar-refractivity contribution in [2.75, 3.05) is 19.8 Å². The zero-order chi connectivity index (χ0) is 11.0. The molecule has 84 valence electrons. The van der Waals surface area contributed by atoms with Gasteiger partial charge in [-0.2, -0.15) is 0 Å². The molecule has 4 heteroatoms. The number of nitrogens with two attached hydrogens (primary N) is 1. The number of ether oxygens (including phenoxy) is 2. The largest absolute Gasteiger partial charge is 0.462 e. The van der Waals surface area contributed by atoms with E-state index in [1.54, 1.807) is 0 Å². The molecular weight excluding hydrogens is 182 g/mol. The summed E-state index contributed by atoms with van der Waals surface area (Å²) in [5, 5.41) is 0. The molecular formula is C10H21NO3. The van der Waals surface area contributed by atoms with Crippen molar-refractivity contribution in [2.24, 2.45) is 11.7 Å². The summed E-state index contributed by atoms with van der Waals surface area (Å²) in [5.41, 5.74) is 5.59. The van der Waals surface area contributed by atoms with Gasteiger partial charge in [0.2, 0.25) is 0 Å². The van der Waals surface area contributed by atoms with E-state index in [-0.39, 0.29) is 11.9 Å². The molecule has 0 saturated heterocycles. The summed E-state index contributed by atoms with van der Waals surface area (Å²) >= 11 is 0. The molecule has 0 radical (unpaired) electrons. The highest BCUT2D eigenvalue weighted by Gasteiger charge is 2.18. The van der Waals surface area contributed by atoms with Gasteiger partial charge in [0.05, 0.1) is 6.61 Å². The highest BCUT2D eigenvalue weighted by Crippen LogP contribution is 2.00. The molecule has 0 amide bonds. The first-order valence-corrected chi connectivity index (χ1v) is 5.09. The maximum absolute atomic E-state index is 11.2. The first-order chi connectivity index (χ1) is 6.59. The highest BCUT2D eigenvalue weighted by molar-refractivity contribution is 5.75. The van der Waals surface area contributed by atoms with Crippen LogP contribution in [0.2, 0.25) is 0 Å². The monoisotopic (exact) mass is 203 g/mol. The molecule has 0 aromatic rings. The van der Waals surface area contributed by atoms with Crippen molar-refractivity contribution >= 4 is 5.97 Å². The third kappa shape index (κ3) is 5.94. The fourth-order valence-corrected chi connectivity index (χ4v) is 0.816. The molecule has 0 fully saturated rings. The van der Waals surface area contributed by atoms with Crippen molar-refractivity contribution in [3.05, 3.63) is 0 Å². The normalized spacial score (nSPS) is 12.9. The lowest BCUT2D eigenvalue weighted by Gasteiger charge is -2.14. The number of carbonyl (C=O) groups excluding carboxylic acids is 1. The minimum Gasteiger partial charge on any atom is -0.462 e. The Morgan fingerprint density at radius 1 is 1.29 bits per heavy atom. The zero-order valence-corrected chi connectivity index (χ0v) is 9.29. The molecule has 0 heterocycles.